The molecule has 2 N–H and O–H groups in total. The molecule has 0 spiro atoms. The Bertz CT molecular complexity index is 776. The molecule has 0 bridgehead atoms. The van der Waals surface area contributed by atoms with Crippen LogP contribution in [0.15, 0.2) is 59.6 Å². The maximum absolute atomic E-state index is 12.5. The van der Waals surface area contributed by atoms with Crippen LogP contribution < -0.4 is 5.73 Å². The molecule has 106 valence electrons. The summed E-state index contributed by atoms with van der Waals surface area (Å²) in [7, 11) is 0. The second-order valence-electron chi connectivity index (χ2n) is 4.51. The van der Waals surface area contributed by atoms with Crippen molar-refractivity contribution in [1.82, 2.24) is 4.98 Å². The largest absolute Gasteiger partial charge is 0.397 e. The Kier molecular flexibility index (Phi) is 3.75. The summed E-state index contributed by atoms with van der Waals surface area (Å²) in [5, 5.41) is 0.784. The van der Waals surface area contributed by atoms with Gasteiger partial charge >= 0.3 is 0 Å². The molecular weight excluding hydrogens is 290 g/mol. The smallest absolute Gasteiger partial charge is 0.288 e. The van der Waals surface area contributed by atoms with Crippen molar-refractivity contribution in [3.8, 4) is 11.1 Å². The van der Waals surface area contributed by atoms with Crippen LogP contribution in [0.3, 0.4) is 0 Å². The lowest BCUT2D eigenvalue weighted by Crippen LogP contribution is -1.94. The molecule has 2 nitrogen and oxygen atoms in total. The second kappa shape index (κ2) is 5.69. The van der Waals surface area contributed by atoms with Crippen molar-refractivity contribution in [2.75, 3.05) is 5.73 Å². The molecule has 5 heteroatoms. The number of fused-ring (bicyclic) bond motifs is 1. The van der Waals surface area contributed by atoms with E-state index in [0.29, 0.717) is 22.3 Å². The van der Waals surface area contributed by atoms with Gasteiger partial charge in [0.05, 0.1) is 17.4 Å². The molecule has 0 atom stereocenters. The molecule has 0 aliphatic heterocycles. The fourth-order valence-corrected chi connectivity index (χ4v) is 2.83. The first-order valence-corrected chi connectivity index (χ1v) is 7.21. The summed E-state index contributed by atoms with van der Waals surface area (Å²) in [5.41, 5.74) is 9.10. The lowest BCUT2D eigenvalue weighted by Gasteiger charge is -2.11. The van der Waals surface area contributed by atoms with Gasteiger partial charge in [0.15, 0.2) is 0 Å². The van der Waals surface area contributed by atoms with Crippen molar-refractivity contribution in [3.63, 3.8) is 0 Å². The zero-order valence-corrected chi connectivity index (χ0v) is 11.8. The zero-order valence-electron chi connectivity index (χ0n) is 11.0. The first-order valence-electron chi connectivity index (χ1n) is 6.33. The maximum Gasteiger partial charge on any atom is 0.288 e. The van der Waals surface area contributed by atoms with Gasteiger partial charge in [0.25, 0.3) is 5.76 Å². The Labute approximate surface area is 125 Å². The Balaban J connectivity index is 2.24. The summed E-state index contributed by atoms with van der Waals surface area (Å²) in [6.45, 7) is 0. The van der Waals surface area contributed by atoms with Crippen molar-refractivity contribution < 1.29 is 8.78 Å². The van der Waals surface area contributed by atoms with Crippen molar-refractivity contribution >= 4 is 28.4 Å². The number of halogens is 2. The molecule has 0 saturated heterocycles. The highest BCUT2D eigenvalue weighted by molar-refractivity contribution is 7.99. The van der Waals surface area contributed by atoms with Crippen molar-refractivity contribution in [2.24, 2.45) is 0 Å². The van der Waals surface area contributed by atoms with Crippen LogP contribution in [0.1, 0.15) is 0 Å². The van der Waals surface area contributed by atoms with Crippen LogP contribution in [-0.4, -0.2) is 10.7 Å². The predicted octanol–water partition coefficient (Wildman–Crippen LogP) is 4.80. The van der Waals surface area contributed by atoms with Gasteiger partial charge in [-0.2, -0.15) is 8.78 Å². The number of benzene rings is 2. The fraction of sp³-hybridized carbons (Fsp3) is 0.0625. The van der Waals surface area contributed by atoms with Gasteiger partial charge in [-0.1, -0.05) is 42.1 Å². The van der Waals surface area contributed by atoms with Gasteiger partial charge in [-0.25, -0.2) is 0 Å². The Morgan fingerprint density at radius 1 is 1.05 bits per heavy atom. The van der Waals surface area contributed by atoms with Crippen LogP contribution >= 0.6 is 11.8 Å². The second-order valence-corrected chi connectivity index (χ2v) is 5.58. The van der Waals surface area contributed by atoms with E-state index in [9.17, 15) is 8.78 Å². The number of anilines is 1. The third kappa shape index (κ3) is 2.83. The average molecular weight is 302 g/mol. The number of pyridine rings is 1. The van der Waals surface area contributed by atoms with E-state index in [2.05, 4.69) is 4.98 Å². The number of nitrogens with zero attached hydrogens (tertiary/aromatic N) is 1. The van der Waals surface area contributed by atoms with E-state index < -0.39 is 5.76 Å². The molecule has 21 heavy (non-hydrogen) atoms. The molecule has 0 aliphatic rings. The lowest BCUT2D eigenvalue weighted by atomic mass is 10.00. The molecule has 0 radical (unpaired) electrons. The molecule has 0 amide bonds. The lowest BCUT2D eigenvalue weighted by molar-refractivity contribution is 0.252. The van der Waals surface area contributed by atoms with Crippen molar-refractivity contribution in [2.45, 2.75) is 10.7 Å². The maximum atomic E-state index is 12.5. The minimum atomic E-state index is -2.45. The van der Waals surface area contributed by atoms with E-state index in [4.69, 9.17) is 5.73 Å². The summed E-state index contributed by atoms with van der Waals surface area (Å²) >= 11 is 0.521. The van der Waals surface area contributed by atoms with E-state index in [1.807, 2.05) is 30.3 Å². The Morgan fingerprint density at radius 2 is 1.81 bits per heavy atom. The molecule has 2 aromatic carbocycles. The summed E-state index contributed by atoms with van der Waals surface area (Å²) in [6, 6.07) is 14.7. The van der Waals surface area contributed by atoms with Gasteiger partial charge in [0.2, 0.25) is 0 Å². The molecule has 3 rings (SSSR count). The van der Waals surface area contributed by atoms with Crippen molar-refractivity contribution in [3.05, 3.63) is 54.7 Å². The molecule has 3 aromatic rings. The SMILES string of the molecule is Nc1cnc2ccc(SC(F)F)cc2c1-c1ccccc1. The van der Waals surface area contributed by atoms with Crippen molar-refractivity contribution in [1.29, 1.82) is 0 Å². The van der Waals surface area contributed by atoms with Gasteiger partial charge in [0.1, 0.15) is 0 Å². The molecule has 1 aromatic heterocycles. The highest BCUT2D eigenvalue weighted by Crippen LogP contribution is 2.35. The summed E-state index contributed by atoms with van der Waals surface area (Å²) < 4.78 is 25.1. The highest BCUT2D eigenvalue weighted by Gasteiger charge is 2.11. The van der Waals surface area contributed by atoms with Gasteiger partial charge < -0.3 is 5.73 Å². The number of aromatic nitrogens is 1. The van der Waals surface area contributed by atoms with E-state index in [1.165, 1.54) is 0 Å². The molecular formula is C16H12F2N2S. The molecule has 0 aliphatic carbocycles. The predicted molar refractivity (Wildman–Crippen MR) is 83.5 cm³/mol. The van der Waals surface area contributed by atoms with E-state index in [1.54, 1.807) is 24.4 Å². The summed E-state index contributed by atoms with van der Waals surface area (Å²) in [6.07, 6.45) is 1.60. The highest BCUT2D eigenvalue weighted by atomic mass is 32.2. The van der Waals surface area contributed by atoms with Crippen LogP contribution in [0.5, 0.6) is 0 Å². The quantitative estimate of drug-likeness (QED) is 0.706. The zero-order chi connectivity index (χ0) is 14.8. The monoisotopic (exact) mass is 302 g/mol. The van der Waals surface area contributed by atoms with Crippen LogP contribution in [0.4, 0.5) is 14.5 Å². The summed E-state index contributed by atoms with van der Waals surface area (Å²) in [5.74, 6) is -2.45. The minimum Gasteiger partial charge on any atom is -0.397 e. The Morgan fingerprint density at radius 3 is 2.52 bits per heavy atom. The molecule has 0 unspecified atom stereocenters. The van der Waals surface area contributed by atoms with Crippen LogP contribution in [0, 0.1) is 0 Å². The third-order valence-electron chi connectivity index (χ3n) is 3.16. The number of hydrogen-bond acceptors (Lipinski definition) is 3. The van der Waals surface area contributed by atoms with Gasteiger partial charge in [-0.05, 0) is 23.8 Å². The van der Waals surface area contributed by atoms with Crippen LogP contribution in [-0.2, 0) is 0 Å². The molecule has 0 saturated carbocycles. The first-order chi connectivity index (χ1) is 10.1. The van der Waals surface area contributed by atoms with E-state index in [0.717, 1.165) is 22.0 Å². The van der Waals surface area contributed by atoms with Crippen LogP contribution in [0.2, 0.25) is 0 Å². The number of hydrogen-bond donors (Lipinski definition) is 1. The number of alkyl halides is 2. The average Bonchev–Trinajstić information content (AvgIpc) is 2.47. The third-order valence-corrected chi connectivity index (χ3v) is 3.86. The number of nitrogens with two attached hydrogens (primary N) is 1. The number of nitrogen functional groups attached to an aromatic ring is 1. The molecule has 1 heterocycles. The Hall–Kier alpha value is -2.14. The van der Waals surface area contributed by atoms with E-state index >= 15 is 0 Å². The van der Waals surface area contributed by atoms with Gasteiger partial charge in [-0.15, -0.1) is 0 Å². The fourth-order valence-electron chi connectivity index (χ4n) is 2.29. The first kappa shape index (κ1) is 13.8. The minimum absolute atomic E-state index is 0.502. The summed E-state index contributed by atoms with van der Waals surface area (Å²) in [4.78, 5) is 4.77. The number of thioether (sulfide) groups is 1. The normalized spacial score (nSPS) is 11.2. The van der Waals surface area contributed by atoms with E-state index in [-0.39, 0.29) is 0 Å². The number of rotatable bonds is 3. The van der Waals surface area contributed by atoms with Crippen LogP contribution in [0.25, 0.3) is 22.0 Å². The van der Waals surface area contributed by atoms with Gasteiger partial charge in [-0.3, -0.25) is 4.98 Å². The molecule has 0 fully saturated rings. The standard InChI is InChI=1S/C16H12F2N2S/c17-16(18)21-11-6-7-14-12(8-11)15(13(19)9-20-14)10-4-2-1-3-5-10/h1-9,16H,19H2. The van der Waals surface area contributed by atoms with Gasteiger partial charge in [0, 0.05) is 15.8 Å². The topological polar surface area (TPSA) is 38.9 Å².